The summed E-state index contributed by atoms with van der Waals surface area (Å²) in [6.07, 6.45) is -4.87. The molecular formula is C24H28F6N2O4S. The van der Waals surface area contributed by atoms with E-state index in [9.17, 15) is 36.2 Å². The number of likely N-dealkylation sites (N-methyl/N-ethyl adjacent to an activating group) is 1. The number of benzene rings is 2. The van der Waals surface area contributed by atoms with Gasteiger partial charge in [0, 0.05) is 25.2 Å². The van der Waals surface area contributed by atoms with Crippen molar-refractivity contribution < 1.29 is 46.1 Å². The largest absolute Gasteiger partial charge is 0.489 e. The Hall–Kier alpha value is -2.64. The summed E-state index contributed by atoms with van der Waals surface area (Å²) in [5.74, 6) is -5.20. The van der Waals surface area contributed by atoms with Gasteiger partial charge in [-0.25, -0.2) is 22.3 Å². The highest BCUT2D eigenvalue weighted by Gasteiger charge is 2.38. The van der Waals surface area contributed by atoms with Gasteiger partial charge >= 0.3 is 12.1 Å². The lowest BCUT2D eigenvalue weighted by Crippen LogP contribution is -2.41. The minimum Gasteiger partial charge on any atom is -0.489 e. The first kappa shape index (κ1) is 30.6. The summed E-state index contributed by atoms with van der Waals surface area (Å²) in [5, 5.41) is 18.8. The quantitative estimate of drug-likeness (QED) is 0.325. The molecule has 1 atom stereocenters. The Labute approximate surface area is 215 Å². The summed E-state index contributed by atoms with van der Waals surface area (Å²) >= 11 is 1.18. The van der Waals surface area contributed by atoms with E-state index >= 15 is 0 Å². The van der Waals surface area contributed by atoms with E-state index in [0.29, 0.717) is 23.7 Å². The molecule has 0 aromatic heterocycles. The maximum Gasteiger partial charge on any atom is 0.420 e. The summed E-state index contributed by atoms with van der Waals surface area (Å²) in [6.45, 7) is 3.21. The SMILES string of the molecule is CCC(C)(F)F.CN1CCN(c2cccc(F)c2)c2cc(C(F)(F)F)c(OCC(C)(O)C(=O)O)cc2S1. The third kappa shape index (κ3) is 8.71. The second kappa shape index (κ2) is 11.8. The van der Waals surface area contributed by atoms with Gasteiger partial charge in [0.15, 0.2) is 5.60 Å². The number of nitrogens with zero attached hydrogens (tertiary/aromatic N) is 2. The summed E-state index contributed by atoms with van der Waals surface area (Å²) in [7, 11) is 1.76. The second-order valence-electron chi connectivity index (χ2n) is 8.68. The third-order valence-electron chi connectivity index (χ3n) is 5.26. The first-order chi connectivity index (χ1) is 16.9. The average molecular weight is 555 g/mol. The van der Waals surface area contributed by atoms with Gasteiger partial charge in [0.2, 0.25) is 5.92 Å². The highest BCUT2D eigenvalue weighted by molar-refractivity contribution is 7.97. The standard InChI is InChI=1S/C20H20F4N2O4S.C4H8F2/c1-19(29,18(27)28)11-30-16-10-17-15(9-14(16)20(22,23)24)26(7-6-25(2)31-17)13-5-3-4-12(21)8-13;1-3-4(2,5)6/h3-5,8-10,29H,6-7,11H2,1-2H3,(H,27,28);3H2,1-2H3. The molecule has 0 radical (unpaired) electrons. The highest BCUT2D eigenvalue weighted by atomic mass is 32.2. The monoisotopic (exact) mass is 554 g/mol. The van der Waals surface area contributed by atoms with Crippen molar-refractivity contribution in [1.29, 1.82) is 0 Å². The number of carbonyl (C=O) groups is 1. The van der Waals surface area contributed by atoms with Crippen molar-refractivity contribution in [3.63, 3.8) is 0 Å². The maximum atomic E-state index is 13.8. The Morgan fingerprint density at radius 1 is 1.11 bits per heavy atom. The van der Waals surface area contributed by atoms with E-state index in [4.69, 9.17) is 9.84 Å². The van der Waals surface area contributed by atoms with Crippen LogP contribution >= 0.6 is 11.9 Å². The number of ether oxygens (including phenoxy) is 1. The van der Waals surface area contributed by atoms with E-state index in [1.807, 2.05) is 4.31 Å². The number of alkyl halides is 5. The van der Waals surface area contributed by atoms with Gasteiger partial charge in [0.25, 0.3) is 0 Å². The molecule has 37 heavy (non-hydrogen) atoms. The lowest BCUT2D eigenvalue weighted by Gasteiger charge is -2.27. The molecular weight excluding hydrogens is 526 g/mol. The van der Waals surface area contributed by atoms with E-state index in [1.54, 1.807) is 18.0 Å². The first-order valence-electron chi connectivity index (χ1n) is 11.1. The molecule has 0 spiro atoms. The van der Waals surface area contributed by atoms with Crippen LogP contribution < -0.4 is 9.64 Å². The molecule has 0 bridgehead atoms. The number of anilines is 2. The third-order valence-corrected chi connectivity index (χ3v) is 6.28. The summed E-state index contributed by atoms with van der Waals surface area (Å²) < 4.78 is 85.1. The van der Waals surface area contributed by atoms with Crippen molar-refractivity contribution in [3.05, 3.63) is 47.8 Å². The summed E-state index contributed by atoms with van der Waals surface area (Å²) in [5.41, 5.74) is -2.89. The zero-order valence-corrected chi connectivity index (χ0v) is 21.4. The molecule has 2 aromatic carbocycles. The molecule has 0 amide bonds. The molecule has 1 aliphatic rings. The molecule has 0 saturated heterocycles. The van der Waals surface area contributed by atoms with Gasteiger partial charge in [-0.1, -0.05) is 13.0 Å². The molecule has 0 aliphatic carbocycles. The van der Waals surface area contributed by atoms with Gasteiger partial charge in [-0.05, 0) is 63.2 Å². The lowest BCUT2D eigenvalue weighted by atomic mass is 10.1. The van der Waals surface area contributed by atoms with Crippen molar-refractivity contribution in [1.82, 2.24) is 4.31 Å². The highest BCUT2D eigenvalue weighted by Crippen LogP contribution is 2.46. The minimum absolute atomic E-state index is 0.0625. The number of halogens is 6. The maximum absolute atomic E-state index is 13.8. The van der Waals surface area contributed by atoms with Crippen LogP contribution in [0.4, 0.5) is 37.7 Å². The van der Waals surface area contributed by atoms with Crippen LogP contribution in [-0.4, -0.2) is 58.8 Å². The summed E-state index contributed by atoms with van der Waals surface area (Å²) in [6, 6.07) is 7.62. The zero-order chi connectivity index (χ0) is 28.2. The molecule has 1 heterocycles. The Balaban J connectivity index is 0.000000717. The van der Waals surface area contributed by atoms with Crippen LogP contribution in [-0.2, 0) is 11.0 Å². The Morgan fingerprint density at radius 3 is 2.24 bits per heavy atom. The van der Waals surface area contributed by atoms with E-state index in [1.165, 1.54) is 37.1 Å². The molecule has 1 aliphatic heterocycles. The normalized spacial score (nSPS) is 16.1. The van der Waals surface area contributed by atoms with E-state index in [-0.39, 0.29) is 12.1 Å². The molecule has 0 saturated carbocycles. The number of hydrogen-bond acceptors (Lipinski definition) is 6. The summed E-state index contributed by atoms with van der Waals surface area (Å²) in [4.78, 5) is 13.1. The van der Waals surface area contributed by atoms with Gasteiger partial charge in [-0.3, -0.25) is 0 Å². The fourth-order valence-corrected chi connectivity index (χ4v) is 3.87. The van der Waals surface area contributed by atoms with Gasteiger partial charge in [0.05, 0.1) is 16.1 Å². The molecule has 206 valence electrons. The molecule has 3 rings (SSSR count). The molecule has 2 aromatic rings. The zero-order valence-electron chi connectivity index (χ0n) is 20.6. The van der Waals surface area contributed by atoms with Crippen molar-refractivity contribution in [2.45, 2.75) is 49.8 Å². The van der Waals surface area contributed by atoms with Crippen molar-refractivity contribution >= 4 is 29.3 Å². The van der Waals surface area contributed by atoms with Crippen LogP contribution in [0.15, 0.2) is 41.3 Å². The first-order valence-corrected chi connectivity index (χ1v) is 11.9. The van der Waals surface area contributed by atoms with Crippen LogP contribution in [0.25, 0.3) is 0 Å². The van der Waals surface area contributed by atoms with Crippen molar-refractivity contribution in [2.75, 3.05) is 31.6 Å². The van der Waals surface area contributed by atoms with E-state index in [0.717, 1.165) is 26.0 Å². The van der Waals surface area contributed by atoms with Crippen LogP contribution in [0.3, 0.4) is 0 Å². The number of carboxylic acids is 1. The predicted molar refractivity (Wildman–Crippen MR) is 128 cm³/mol. The van der Waals surface area contributed by atoms with Crippen LogP contribution in [0, 0.1) is 5.82 Å². The average Bonchev–Trinajstić information content (AvgIpc) is 2.94. The van der Waals surface area contributed by atoms with Crippen molar-refractivity contribution in [3.8, 4) is 5.75 Å². The topological polar surface area (TPSA) is 73.2 Å². The number of fused-ring (bicyclic) bond motifs is 1. The Kier molecular flexibility index (Phi) is 9.77. The molecule has 1 unspecified atom stereocenters. The fourth-order valence-electron chi connectivity index (χ4n) is 2.94. The fraction of sp³-hybridized carbons (Fsp3) is 0.458. The van der Waals surface area contributed by atoms with Gasteiger partial charge in [0.1, 0.15) is 18.2 Å². The number of hydrogen-bond donors (Lipinski definition) is 2. The van der Waals surface area contributed by atoms with E-state index in [2.05, 4.69) is 0 Å². The molecule has 6 nitrogen and oxygen atoms in total. The van der Waals surface area contributed by atoms with Gasteiger partial charge in [-0.2, -0.15) is 13.2 Å². The minimum atomic E-state index is -4.81. The second-order valence-corrected chi connectivity index (χ2v) is 9.93. The smallest absolute Gasteiger partial charge is 0.420 e. The van der Waals surface area contributed by atoms with Crippen molar-refractivity contribution in [2.24, 2.45) is 0 Å². The Morgan fingerprint density at radius 2 is 1.73 bits per heavy atom. The van der Waals surface area contributed by atoms with E-state index < -0.39 is 47.4 Å². The van der Waals surface area contributed by atoms with Gasteiger partial charge < -0.3 is 19.8 Å². The lowest BCUT2D eigenvalue weighted by molar-refractivity contribution is -0.159. The number of aliphatic hydroxyl groups is 1. The molecule has 2 N–H and O–H groups in total. The van der Waals surface area contributed by atoms with Crippen LogP contribution in [0.1, 0.15) is 32.8 Å². The Bertz CT molecular complexity index is 1090. The predicted octanol–water partition coefficient (Wildman–Crippen LogP) is 6.20. The molecule has 0 fully saturated rings. The van der Waals surface area contributed by atoms with Crippen LogP contribution in [0.5, 0.6) is 5.75 Å². The van der Waals surface area contributed by atoms with Gasteiger partial charge in [-0.15, -0.1) is 0 Å². The molecule has 13 heteroatoms. The number of carboxylic acid groups (broad SMARTS) is 1. The van der Waals surface area contributed by atoms with Crippen LogP contribution in [0.2, 0.25) is 0 Å². The number of rotatable bonds is 6. The number of aliphatic carboxylic acids is 1.